The Balaban J connectivity index is 1.59. The molecule has 9 nitrogen and oxygen atoms in total. The van der Waals surface area contributed by atoms with Gasteiger partial charge in [-0.05, 0) is 25.0 Å². The summed E-state index contributed by atoms with van der Waals surface area (Å²) < 4.78 is 31.4. The summed E-state index contributed by atoms with van der Waals surface area (Å²) in [5.41, 5.74) is 0.550. The molecule has 0 radical (unpaired) electrons. The van der Waals surface area contributed by atoms with Crippen LogP contribution in [-0.4, -0.2) is 58.2 Å². The first-order valence-electron chi connectivity index (χ1n) is 9.12. The topological polar surface area (TPSA) is 111 Å². The van der Waals surface area contributed by atoms with Crippen LogP contribution in [-0.2, 0) is 21.1 Å². The molecule has 4 heterocycles. The van der Waals surface area contributed by atoms with Crippen molar-refractivity contribution in [3.05, 3.63) is 42.4 Å². The number of hydrogen-bond donors (Lipinski definition) is 0. The van der Waals surface area contributed by atoms with Gasteiger partial charge in [0.15, 0.2) is 9.84 Å². The molecule has 0 N–H and O–H groups in total. The van der Waals surface area contributed by atoms with Crippen LogP contribution < -0.4 is 0 Å². The Morgan fingerprint density at radius 2 is 2.21 bits per heavy atom. The van der Waals surface area contributed by atoms with Gasteiger partial charge in [0.1, 0.15) is 17.0 Å². The van der Waals surface area contributed by atoms with E-state index in [1.165, 1.54) is 17.0 Å². The van der Waals surface area contributed by atoms with Crippen LogP contribution in [0.4, 0.5) is 0 Å². The standard InChI is InChI=1S/C18H21N5O4S/c1-28(25,26)15-10-19-18-20-12-21-23(18)17(15)13-4-2-8-22(11-13)16(24)7-6-14-5-3-9-27-14/h3,5,9-10,12-13H,2,4,6-8,11H2,1H3/t13-/m1/s1. The normalized spacial score (nSPS) is 17.9. The summed E-state index contributed by atoms with van der Waals surface area (Å²) in [5, 5.41) is 4.17. The van der Waals surface area contributed by atoms with Crippen molar-refractivity contribution < 1.29 is 17.6 Å². The maximum Gasteiger partial charge on any atom is 0.252 e. The van der Waals surface area contributed by atoms with Crippen LogP contribution in [0.15, 0.2) is 40.2 Å². The lowest BCUT2D eigenvalue weighted by molar-refractivity contribution is -0.132. The van der Waals surface area contributed by atoms with Crippen LogP contribution in [0.1, 0.15) is 36.6 Å². The van der Waals surface area contributed by atoms with Crippen LogP contribution in [0, 0.1) is 0 Å². The van der Waals surface area contributed by atoms with Gasteiger partial charge in [-0.1, -0.05) is 0 Å². The Morgan fingerprint density at radius 3 is 2.96 bits per heavy atom. The zero-order valence-corrected chi connectivity index (χ0v) is 16.3. The first-order valence-corrected chi connectivity index (χ1v) is 11.0. The number of furan rings is 1. The van der Waals surface area contributed by atoms with Crippen molar-refractivity contribution in [1.29, 1.82) is 0 Å². The van der Waals surface area contributed by atoms with E-state index < -0.39 is 9.84 Å². The van der Waals surface area contributed by atoms with Gasteiger partial charge < -0.3 is 9.32 Å². The number of rotatable bonds is 5. The summed E-state index contributed by atoms with van der Waals surface area (Å²) in [6.07, 6.45) is 7.90. The molecular weight excluding hydrogens is 382 g/mol. The number of amides is 1. The van der Waals surface area contributed by atoms with Crippen LogP contribution in [0.3, 0.4) is 0 Å². The van der Waals surface area contributed by atoms with Crippen LogP contribution in [0.5, 0.6) is 0 Å². The fourth-order valence-electron chi connectivity index (χ4n) is 3.71. The van der Waals surface area contributed by atoms with Crippen molar-refractivity contribution in [2.45, 2.75) is 36.5 Å². The number of carbonyl (C=O) groups is 1. The molecular formula is C18H21N5O4S. The molecule has 0 spiro atoms. The second-order valence-corrected chi connectivity index (χ2v) is 8.99. The number of hydrogen-bond acceptors (Lipinski definition) is 7. The summed E-state index contributed by atoms with van der Waals surface area (Å²) in [4.78, 5) is 22.8. The molecule has 3 aromatic rings. The van der Waals surface area contributed by atoms with E-state index in [1.807, 2.05) is 6.07 Å². The van der Waals surface area contributed by atoms with Crippen LogP contribution in [0.2, 0.25) is 0 Å². The molecule has 28 heavy (non-hydrogen) atoms. The molecule has 4 rings (SSSR count). The lowest BCUT2D eigenvalue weighted by Crippen LogP contribution is -2.40. The highest BCUT2D eigenvalue weighted by atomic mass is 32.2. The molecule has 0 bridgehead atoms. The average Bonchev–Trinajstić information content (AvgIpc) is 3.36. The molecule has 1 fully saturated rings. The Labute approximate surface area is 162 Å². The number of piperidine rings is 1. The molecule has 3 aromatic heterocycles. The van der Waals surface area contributed by atoms with Gasteiger partial charge in [0, 0.05) is 38.1 Å². The van der Waals surface area contributed by atoms with Crippen molar-refractivity contribution in [1.82, 2.24) is 24.5 Å². The van der Waals surface area contributed by atoms with E-state index >= 15 is 0 Å². The van der Waals surface area contributed by atoms with Crippen molar-refractivity contribution in [3.8, 4) is 0 Å². The molecule has 0 aromatic carbocycles. The zero-order chi connectivity index (χ0) is 19.7. The highest BCUT2D eigenvalue weighted by Crippen LogP contribution is 2.31. The number of fused-ring (bicyclic) bond motifs is 1. The molecule has 1 aliphatic heterocycles. The van der Waals surface area contributed by atoms with Crippen molar-refractivity contribution in [2.75, 3.05) is 19.3 Å². The van der Waals surface area contributed by atoms with E-state index in [-0.39, 0.29) is 16.7 Å². The fraction of sp³-hybridized carbons (Fsp3) is 0.444. The molecule has 1 amide bonds. The predicted molar refractivity (Wildman–Crippen MR) is 99.5 cm³/mol. The van der Waals surface area contributed by atoms with Gasteiger partial charge in [-0.3, -0.25) is 4.79 Å². The molecule has 1 atom stereocenters. The third kappa shape index (κ3) is 3.64. The van der Waals surface area contributed by atoms with Crippen molar-refractivity contribution >= 4 is 21.5 Å². The fourth-order valence-corrected chi connectivity index (χ4v) is 4.59. The van der Waals surface area contributed by atoms with Gasteiger partial charge in [-0.15, -0.1) is 0 Å². The Hall–Kier alpha value is -2.75. The molecule has 0 aliphatic carbocycles. The lowest BCUT2D eigenvalue weighted by atomic mass is 9.94. The Morgan fingerprint density at radius 1 is 1.36 bits per heavy atom. The van der Waals surface area contributed by atoms with Crippen molar-refractivity contribution in [2.24, 2.45) is 0 Å². The molecule has 148 valence electrons. The number of aryl methyl sites for hydroxylation is 1. The minimum absolute atomic E-state index is 0.0332. The largest absolute Gasteiger partial charge is 0.469 e. The van der Waals surface area contributed by atoms with E-state index in [0.29, 0.717) is 37.4 Å². The number of likely N-dealkylation sites (tertiary alicyclic amines) is 1. The van der Waals surface area contributed by atoms with Gasteiger partial charge in [0.2, 0.25) is 5.91 Å². The van der Waals surface area contributed by atoms with E-state index in [2.05, 4.69) is 15.1 Å². The summed E-state index contributed by atoms with van der Waals surface area (Å²) in [7, 11) is -3.50. The summed E-state index contributed by atoms with van der Waals surface area (Å²) in [6.45, 7) is 1.10. The molecule has 0 saturated carbocycles. The monoisotopic (exact) mass is 403 g/mol. The third-order valence-corrected chi connectivity index (χ3v) is 6.15. The van der Waals surface area contributed by atoms with Gasteiger partial charge >= 0.3 is 0 Å². The maximum absolute atomic E-state index is 12.7. The summed E-state index contributed by atoms with van der Waals surface area (Å²) in [6, 6.07) is 3.65. The predicted octanol–water partition coefficient (Wildman–Crippen LogP) is 1.46. The third-order valence-electron chi connectivity index (χ3n) is 5.03. The first-order chi connectivity index (χ1) is 13.4. The highest BCUT2D eigenvalue weighted by Gasteiger charge is 2.31. The molecule has 1 saturated heterocycles. The maximum atomic E-state index is 12.7. The SMILES string of the molecule is CS(=O)(=O)c1cnc2ncnn2c1[C@@H]1CCCN(C(=O)CCc2ccco2)C1. The smallest absolute Gasteiger partial charge is 0.252 e. The number of nitrogens with zero attached hydrogens (tertiary/aromatic N) is 5. The Bertz CT molecular complexity index is 1090. The van der Waals surface area contributed by atoms with E-state index in [1.54, 1.807) is 17.2 Å². The van der Waals surface area contributed by atoms with Gasteiger partial charge in [0.05, 0.1) is 18.2 Å². The van der Waals surface area contributed by atoms with Gasteiger partial charge in [-0.2, -0.15) is 14.6 Å². The lowest BCUT2D eigenvalue weighted by Gasteiger charge is -2.33. The highest BCUT2D eigenvalue weighted by molar-refractivity contribution is 7.90. The zero-order valence-electron chi connectivity index (χ0n) is 15.5. The second kappa shape index (κ2) is 7.34. The number of sulfone groups is 1. The van der Waals surface area contributed by atoms with Crippen LogP contribution in [0.25, 0.3) is 5.78 Å². The quantitative estimate of drug-likeness (QED) is 0.634. The minimum atomic E-state index is -3.50. The second-order valence-electron chi connectivity index (χ2n) is 7.01. The van der Waals surface area contributed by atoms with Crippen LogP contribution >= 0.6 is 0 Å². The summed E-state index contributed by atoms with van der Waals surface area (Å²) in [5.74, 6) is 1.01. The number of carbonyl (C=O) groups excluding carboxylic acids is 1. The number of aromatic nitrogens is 4. The van der Waals surface area contributed by atoms with E-state index in [9.17, 15) is 13.2 Å². The molecule has 10 heteroatoms. The average molecular weight is 403 g/mol. The van der Waals surface area contributed by atoms with Gasteiger partial charge in [0.25, 0.3) is 5.78 Å². The Kier molecular flexibility index (Phi) is 4.88. The van der Waals surface area contributed by atoms with Crippen molar-refractivity contribution in [3.63, 3.8) is 0 Å². The van der Waals surface area contributed by atoms with E-state index in [0.717, 1.165) is 24.9 Å². The molecule has 1 aliphatic rings. The van der Waals surface area contributed by atoms with Gasteiger partial charge in [-0.25, -0.2) is 13.4 Å². The molecule has 0 unspecified atom stereocenters. The first kappa shape index (κ1) is 18.6. The minimum Gasteiger partial charge on any atom is -0.469 e. The summed E-state index contributed by atoms with van der Waals surface area (Å²) >= 11 is 0. The van der Waals surface area contributed by atoms with E-state index in [4.69, 9.17) is 4.42 Å².